The van der Waals surface area contributed by atoms with Crippen molar-refractivity contribution in [2.75, 3.05) is 32.6 Å². The zero-order valence-electron chi connectivity index (χ0n) is 15.4. The van der Waals surface area contributed by atoms with Crippen LogP contribution in [0.5, 0.6) is 5.75 Å². The second-order valence-electron chi connectivity index (χ2n) is 6.53. The van der Waals surface area contributed by atoms with Gasteiger partial charge in [-0.25, -0.2) is 12.7 Å². The van der Waals surface area contributed by atoms with E-state index in [0.717, 1.165) is 5.56 Å². The standard InChI is InChI=1S/C19H27NO5S/c1-4-12-26(22,23)20-11-7-10-19(15-20,18(21)25-5-2)14-16-8-6-9-17(13-16)24-3/h4,6,8-9,13H,1,5,7,10-12,14-15H2,2-3H3. The van der Waals surface area contributed by atoms with Gasteiger partial charge in [-0.3, -0.25) is 4.79 Å². The van der Waals surface area contributed by atoms with Gasteiger partial charge in [0.05, 0.1) is 24.9 Å². The van der Waals surface area contributed by atoms with E-state index in [1.807, 2.05) is 24.3 Å². The van der Waals surface area contributed by atoms with Crippen LogP contribution in [0.1, 0.15) is 25.3 Å². The number of carbonyl (C=O) groups is 1. The van der Waals surface area contributed by atoms with Crippen molar-refractivity contribution in [2.45, 2.75) is 26.2 Å². The first-order valence-corrected chi connectivity index (χ1v) is 10.4. The molecule has 0 radical (unpaired) electrons. The molecule has 1 unspecified atom stereocenters. The summed E-state index contributed by atoms with van der Waals surface area (Å²) < 4.78 is 37.0. The normalized spacial score (nSPS) is 21.2. The molecular weight excluding hydrogens is 354 g/mol. The maximum Gasteiger partial charge on any atom is 0.313 e. The van der Waals surface area contributed by atoms with Crippen molar-refractivity contribution in [3.8, 4) is 5.75 Å². The van der Waals surface area contributed by atoms with E-state index in [0.29, 0.717) is 31.6 Å². The SMILES string of the molecule is C=CCS(=O)(=O)N1CCCC(Cc2cccc(OC)c2)(C(=O)OCC)C1. The lowest BCUT2D eigenvalue weighted by atomic mass is 9.75. The summed E-state index contributed by atoms with van der Waals surface area (Å²) in [6.45, 7) is 6.07. The highest BCUT2D eigenvalue weighted by Crippen LogP contribution is 2.37. The molecule has 1 aliphatic heterocycles. The average Bonchev–Trinajstić information content (AvgIpc) is 2.62. The quantitative estimate of drug-likeness (QED) is 0.511. The zero-order valence-corrected chi connectivity index (χ0v) is 16.3. The Labute approximate surface area is 155 Å². The zero-order chi connectivity index (χ0) is 19.2. The van der Waals surface area contributed by atoms with Gasteiger partial charge in [0.25, 0.3) is 0 Å². The summed E-state index contributed by atoms with van der Waals surface area (Å²) in [4.78, 5) is 12.8. The Balaban J connectivity index is 2.35. The molecule has 1 atom stereocenters. The third kappa shape index (κ3) is 4.65. The summed E-state index contributed by atoms with van der Waals surface area (Å²) in [5.74, 6) is 0.222. The number of benzene rings is 1. The molecule has 1 fully saturated rings. The minimum Gasteiger partial charge on any atom is -0.497 e. The van der Waals surface area contributed by atoms with Crippen molar-refractivity contribution in [2.24, 2.45) is 5.41 Å². The van der Waals surface area contributed by atoms with E-state index in [2.05, 4.69) is 6.58 Å². The van der Waals surface area contributed by atoms with Gasteiger partial charge in [0, 0.05) is 13.1 Å². The number of hydrogen-bond acceptors (Lipinski definition) is 5. The Morgan fingerprint density at radius 2 is 2.19 bits per heavy atom. The first kappa shape index (κ1) is 20.5. The Morgan fingerprint density at radius 1 is 1.42 bits per heavy atom. The Kier molecular flexibility index (Phi) is 6.83. The third-order valence-electron chi connectivity index (χ3n) is 4.65. The van der Waals surface area contributed by atoms with E-state index in [1.165, 1.54) is 10.4 Å². The number of sulfonamides is 1. The van der Waals surface area contributed by atoms with Crippen LogP contribution in [0.15, 0.2) is 36.9 Å². The highest BCUT2D eigenvalue weighted by Gasteiger charge is 2.46. The smallest absolute Gasteiger partial charge is 0.313 e. The molecule has 0 saturated carbocycles. The van der Waals surface area contributed by atoms with E-state index in [-0.39, 0.29) is 24.9 Å². The van der Waals surface area contributed by atoms with Crippen LogP contribution in [0.25, 0.3) is 0 Å². The molecule has 1 aromatic rings. The van der Waals surface area contributed by atoms with Gasteiger partial charge in [-0.05, 0) is 43.9 Å². The van der Waals surface area contributed by atoms with Crippen molar-refractivity contribution in [1.82, 2.24) is 4.31 Å². The molecule has 144 valence electrons. The van der Waals surface area contributed by atoms with Crippen molar-refractivity contribution in [3.63, 3.8) is 0 Å². The topological polar surface area (TPSA) is 72.9 Å². The molecule has 1 heterocycles. The lowest BCUT2D eigenvalue weighted by Gasteiger charge is -2.40. The summed E-state index contributed by atoms with van der Waals surface area (Å²) in [6, 6.07) is 7.49. The number of nitrogens with zero attached hydrogens (tertiary/aromatic N) is 1. The van der Waals surface area contributed by atoms with Crippen LogP contribution in [-0.4, -0.2) is 51.3 Å². The fraction of sp³-hybridized carbons (Fsp3) is 0.526. The number of piperidine rings is 1. The van der Waals surface area contributed by atoms with E-state index in [1.54, 1.807) is 14.0 Å². The molecule has 1 saturated heterocycles. The first-order chi connectivity index (χ1) is 12.4. The predicted molar refractivity (Wildman–Crippen MR) is 101 cm³/mol. The van der Waals surface area contributed by atoms with Crippen molar-refractivity contribution < 1.29 is 22.7 Å². The molecule has 6 nitrogen and oxygen atoms in total. The second-order valence-corrected chi connectivity index (χ2v) is 8.55. The summed E-state index contributed by atoms with van der Waals surface area (Å²) in [7, 11) is -1.89. The minimum absolute atomic E-state index is 0.124. The third-order valence-corrected chi connectivity index (χ3v) is 6.40. The number of methoxy groups -OCH3 is 1. The largest absolute Gasteiger partial charge is 0.497 e. The molecule has 26 heavy (non-hydrogen) atoms. The summed E-state index contributed by atoms with van der Waals surface area (Å²) >= 11 is 0. The highest BCUT2D eigenvalue weighted by molar-refractivity contribution is 7.89. The van der Waals surface area contributed by atoms with Gasteiger partial charge in [0.15, 0.2) is 0 Å². The molecule has 7 heteroatoms. The number of ether oxygens (including phenoxy) is 2. The highest BCUT2D eigenvalue weighted by atomic mass is 32.2. The van der Waals surface area contributed by atoms with Crippen LogP contribution in [-0.2, 0) is 26.0 Å². The molecule has 0 amide bonds. The van der Waals surface area contributed by atoms with E-state index in [9.17, 15) is 13.2 Å². The fourth-order valence-electron chi connectivity index (χ4n) is 3.42. The predicted octanol–water partition coefficient (Wildman–Crippen LogP) is 2.40. The number of esters is 1. The van der Waals surface area contributed by atoms with Gasteiger partial charge in [-0.1, -0.05) is 18.2 Å². The Hall–Kier alpha value is -1.86. The maximum atomic E-state index is 12.8. The molecule has 1 aromatic carbocycles. The Morgan fingerprint density at radius 3 is 2.85 bits per heavy atom. The van der Waals surface area contributed by atoms with Gasteiger partial charge in [0.2, 0.25) is 10.0 Å². The minimum atomic E-state index is -3.48. The second kappa shape index (κ2) is 8.68. The van der Waals surface area contributed by atoms with E-state index < -0.39 is 15.4 Å². The van der Waals surface area contributed by atoms with Gasteiger partial charge >= 0.3 is 5.97 Å². The van der Waals surface area contributed by atoms with Crippen LogP contribution in [0.4, 0.5) is 0 Å². The van der Waals surface area contributed by atoms with Crippen LogP contribution in [0, 0.1) is 5.41 Å². The molecule has 0 bridgehead atoms. The maximum absolute atomic E-state index is 12.8. The fourth-order valence-corrected chi connectivity index (χ4v) is 4.78. The molecular formula is C19H27NO5S. The van der Waals surface area contributed by atoms with E-state index in [4.69, 9.17) is 9.47 Å². The first-order valence-electron chi connectivity index (χ1n) is 8.76. The number of carbonyl (C=O) groups excluding carboxylic acids is 1. The van der Waals surface area contributed by atoms with Gasteiger partial charge in [0.1, 0.15) is 5.75 Å². The van der Waals surface area contributed by atoms with Gasteiger partial charge < -0.3 is 9.47 Å². The molecule has 0 N–H and O–H groups in total. The van der Waals surface area contributed by atoms with Gasteiger partial charge in [-0.15, -0.1) is 6.58 Å². The molecule has 0 aromatic heterocycles. The lowest BCUT2D eigenvalue weighted by Crippen LogP contribution is -2.52. The molecule has 1 aliphatic rings. The monoisotopic (exact) mass is 381 g/mol. The van der Waals surface area contributed by atoms with Crippen molar-refractivity contribution in [1.29, 1.82) is 0 Å². The lowest BCUT2D eigenvalue weighted by molar-refractivity contribution is -0.157. The van der Waals surface area contributed by atoms with Crippen LogP contribution >= 0.6 is 0 Å². The molecule has 0 aliphatic carbocycles. The van der Waals surface area contributed by atoms with Gasteiger partial charge in [-0.2, -0.15) is 0 Å². The summed E-state index contributed by atoms with van der Waals surface area (Å²) in [5, 5.41) is 0. The van der Waals surface area contributed by atoms with Crippen molar-refractivity contribution >= 4 is 16.0 Å². The van der Waals surface area contributed by atoms with E-state index >= 15 is 0 Å². The number of hydrogen-bond donors (Lipinski definition) is 0. The summed E-state index contributed by atoms with van der Waals surface area (Å²) in [6.07, 6.45) is 2.98. The van der Waals surface area contributed by atoms with Crippen LogP contribution in [0.2, 0.25) is 0 Å². The molecule has 0 spiro atoms. The molecule has 2 rings (SSSR count). The van der Waals surface area contributed by atoms with Crippen molar-refractivity contribution in [3.05, 3.63) is 42.5 Å². The average molecular weight is 381 g/mol. The van der Waals surface area contributed by atoms with Crippen LogP contribution < -0.4 is 4.74 Å². The summed E-state index contributed by atoms with van der Waals surface area (Å²) in [5.41, 5.74) is 0.0230. The Bertz CT molecular complexity index is 746. The number of rotatable bonds is 8. The van der Waals surface area contributed by atoms with Crippen LogP contribution in [0.3, 0.4) is 0 Å².